The van der Waals surface area contributed by atoms with E-state index in [1.165, 1.54) is 45.2 Å². The van der Waals surface area contributed by atoms with Gasteiger partial charge in [0.2, 0.25) is 0 Å². The third-order valence-electron chi connectivity index (χ3n) is 7.34. The minimum atomic E-state index is -0.0121. The molecule has 5 heteroatoms. The number of amides is 1. The van der Waals surface area contributed by atoms with E-state index >= 15 is 0 Å². The number of hydrogen-bond acceptors (Lipinski definition) is 4. The Balaban J connectivity index is 1.19. The van der Waals surface area contributed by atoms with Gasteiger partial charge >= 0.3 is 0 Å². The average molecular weight is 443 g/mol. The second-order valence-electron chi connectivity index (χ2n) is 9.68. The van der Waals surface area contributed by atoms with Gasteiger partial charge in [-0.2, -0.15) is 0 Å². The molecule has 1 aliphatic heterocycles. The summed E-state index contributed by atoms with van der Waals surface area (Å²) in [7, 11) is 0. The minimum absolute atomic E-state index is 0.0121. The van der Waals surface area contributed by atoms with E-state index < -0.39 is 0 Å². The Morgan fingerprint density at radius 3 is 2.79 bits per heavy atom. The van der Waals surface area contributed by atoms with Crippen molar-refractivity contribution in [3.63, 3.8) is 0 Å². The normalized spacial score (nSPS) is 20.9. The zero-order valence-corrected chi connectivity index (χ0v) is 19.5. The standard InChI is InChI=1S/C28H34N4O/c1-20-17-27(25-11-4-5-12-26(25)30-20)31-24-10-6-9-22(18-24)28(33)29-14-16-32-15-13-21-7-2-3-8-23(21)19-32/h4-6,9-12,17-18,21,23H,2-3,7-8,13-16,19H2,1H3,(H,29,33)(H,30,31). The van der Waals surface area contributed by atoms with Gasteiger partial charge in [0.05, 0.1) is 5.52 Å². The number of carbonyl (C=O) groups excluding carboxylic acids is 1. The van der Waals surface area contributed by atoms with E-state index in [1.807, 2.05) is 55.5 Å². The zero-order valence-electron chi connectivity index (χ0n) is 19.5. The number of fused-ring (bicyclic) bond motifs is 2. The fourth-order valence-corrected chi connectivity index (χ4v) is 5.61. The van der Waals surface area contributed by atoms with E-state index in [0.717, 1.165) is 46.4 Å². The molecule has 5 rings (SSSR count). The lowest BCUT2D eigenvalue weighted by molar-refractivity contribution is 0.0833. The predicted molar refractivity (Wildman–Crippen MR) is 135 cm³/mol. The molecule has 1 saturated carbocycles. The van der Waals surface area contributed by atoms with Gasteiger partial charge in [-0.15, -0.1) is 0 Å². The molecule has 1 aliphatic carbocycles. The van der Waals surface area contributed by atoms with Crippen LogP contribution >= 0.6 is 0 Å². The van der Waals surface area contributed by atoms with Crippen molar-refractivity contribution in [2.75, 3.05) is 31.5 Å². The van der Waals surface area contributed by atoms with E-state index in [1.54, 1.807) is 0 Å². The lowest BCUT2D eigenvalue weighted by Crippen LogP contribution is -2.44. The number of pyridine rings is 1. The van der Waals surface area contributed by atoms with Crippen molar-refractivity contribution in [2.24, 2.45) is 11.8 Å². The summed E-state index contributed by atoms with van der Waals surface area (Å²) < 4.78 is 0. The molecule has 33 heavy (non-hydrogen) atoms. The number of nitrogens with zero attached hydrogens (tertiary/aromatic N) is 2. The highest BCUT2D eigenvalue weighted by molar-refractivity contribution is 5.96. The molecule has 1 aromatic heterocycles. The number of rotatable bonds is 6. The molecule has 2 atom stereocenters. The number of likely N-dealkylation sites (tertiary alicyclic amines) is 1. The van der Waals surface area contributed by atoms with Crippen molar-refractivity contribution in [2.45, 2.75) is 39.0 Å². The van der Waals surface area contributed by atoms with Crippen LogP contribution in [0.3, 0.4) is 0 Å². The molecule has 0 bridgehead atoms. The topological polar surface area (TPSA) is 57.3 Å². The summed E-state index contributed by atoms with van der Waals surface area (Å²) in [4.78, 5) is 20.0. The minimum Gasteiger partial charge on any atom is -0.355 e. The van der Waals surface area contributed by atoms with E-state index in [-0.39, 0.29) is 5.91 Å². The molecule has 2 aliphatic rings. The van der Waals surface area contributed by atoms with Crippen LogP contribution in [0.2, 0.25) is 0 Å². The number of aromatic nitrogens is 1. The van der Waals surface area contributed by atoms with Crippen LogP contribution in [0.15, 0.2) is 54.6 Å². The fourth-order valence-electron chi connectivity index (χ4n) is 5.61. The number of piperidine rings is 1. The van der Waals surface area contributed by atoms with Crippen molar-refractivity contribution in [1.82, 2.24) is 15.2 Å². The summed E-state index contributed by atoms with van der Waals surface area (Å²) in [6, 6.07) is 17.9. The maximum atomic E-state index is 12.8. The van der Waals surface area contributed by atoms with Gasteiger partial charge in [0.15, 0.2) is 0 Å². The highest BCUT2D eigenvalue weighted by Gasteiger charge is 2.30. The van der Waals surface area contributed by atoms with E-state index in [4.69, 9.17) is 0 Å². The van der Waals surface area contributed by atoms with Gasteiger partial charge in [0.1, 0.15) is 0 Å². The first-order valence-corrected chi connectivity index (χ1v) is 12.4. The number of hydrogen-bond donors (Lipinski definition) is 2. The predicted octanol–water partition coefficient (Wildman–Crippen LogP) is 5.53. The summed E-state index contributed by atoms with van der Waals surface area (Å²) in [5, 5.41) is 7.69. The van der Waals surface area contributed by atoms with E-state index in [2.05, 4.69) is 26.6 Å². The Morgan fingerprint density at radius 2 is 1.88 bits per heavy atom. The van der Waals surface area contributed by atoms with E-state index in [0.29, 0.717) is 12.1 Å². The molecule has 0 spiro atoms. The summed E-state index contributed by atoms with van der Waals surface area (Å²) in [6.07, 6.45) is 6.96. The smallest absolute Gasteiger partial charge is 0.251 e. The highest BCUT2D eigenvalue weighted by atomic mass is 16.1. The Bertz CT molecular complexity index is 1130. The molecule has 2 aromatic carbocycles. The van der Waals surface area contributed by atoms with Crippen LogP contribution in [0.4, 0.5) is 11.4 Å². The summed E-state index contributed by atoms with van der Waals surface area (Å²) in [5.41, 5.74) is 4.51. The first kappa shape index (κ1) is 21.9. The SMILES string of the molecule is Cc1cc(Nc2cccc(C(=O)NCCN3CCC4CCCCC4C3)c2)c2ccccc2n1. The van der Waals surface area contributed by atoms with Crippen LogP contribution in [-0.4, -0.2) is 42.0 Å². The number of carbonyl (C=O) groups is 1. The number of anilines is 2. The van der Waals surface area contributed by atoms with Crippen LogP contribution < -0.4 is 10.6 Å². The van der Waals surface area contributed by atoms with Crippen molar-refractivity contribution in [3.8, 4) is 0 Å². The Morgan fingerprint density at radius 1 is 1.03 bits per heavy atom. The fraction of sp³-hybridized carbons (Fsp3) is 0.429. The van der Waals surface area contributed by atoms with Gasteiger partial charge in [-0.25, -0.2) is 0 Å². The maximum Gasteiger partial charge on any atom is 0.251 e. The second kappa shape index (κ2) is 9.92. The molecule has 0 radical (unpaired) electrons. The molecule has 3 aromatic rings. The van der Waals surface area contributed by atoms with Gasteiger partial charge in [-0.3, -0.25) is 9.78 Å². The van der Waals surface area contributed by atoms with Gasteiger partial charge in [0, 0.05) is 47.7 Å². The molecule has 1 amide bonds. The third kappa shape index (κ3) is 5.19. The van der Waals surface area contributed by atoms with Crippen molar-refractivity contribution in [3.05, 3.63) is 65.9 Å². The lowest BCUT2D eigenvalue weighted by Gasteiger charge is -2.41. The van der Waals surface area contributed by atoms with E-state index in [9.17, 15) is 4.79 Å². The third-order valence-corrected chi connectivity index (χ3v) is 7.34. The van der Waals surface area contributed by atoms with Gasteiger partial charge in [-0.05, 0) is 68.5 Å². The van der Waals surface area contributed by atoms with Crippen molar-refractivity contribution < 1.29 is 4.79 Å². The molecular weight excluding hydrogens is 408 g/mol. The molecule has 2 N–H and O–H groups in total. The Kier molecular flexibility index (Phi) is 6.58. The molecular formula is C28H34N4O. The zero-order chi connectivity index (χ0) is 22.6. The largest absolute Gasteiger partial charge is 0.355 e. The van der Waals surface area contributed by atoms with Crippen LogP contribution in [0.25, 0.3) is 10.9 Å². The first-order valence-electron chi connectivity index (χ1n) is 12.4. The van der Waals surface area contributed by atoms with Gasteiger partial charge < -0.3 is 15.5 Å². The molecule has 5 nitrogen and oxygen atoms in total. The number of benzene rings is 2. The highest BCUT2D eigenvalue weighted by Crippen LogP contribution is 2.35. The van der Waals surface area contributed by atoms with Crippen LogP contribution in [0.5, 0.6) is 0 Å². The van der Waals surface area contributed by atoms with Crippen LogP contribution in [-0.2, 0) is 0 Å². The number of aryl methyl sites for hydroxylation is 1. The van der Waals surface area contributed by atoms with Crippen molar-refractivity contribution in [1.29, 1.82) is 0 Å². The second-order valence-corrected chi connectivity index (χ2v) is 9.68. The number of para-hydroxylation sites is 1. The molecule has 172 valence electrons. The van der Waals surface area contributed by atoms with Crippen LogP contribution in [0.1, 0.15) is 48.2 Å². The summed E-state index contributed by atoms with van der Waals surface area (Å²) >= 11 is 0. The quantitative estimate of drug-likeness (QED) is 0.527. The molecule has 2 unspecified atom stereocenters. The molecule has 2 heterocycles. The first-order chi connectivity index (χ1) is 16.2. The summed E-state index contributed by atoms with van der Waals surface area (Å²) in [6.45, 7) is 6.02. The van der Waals surface area contributed by atoms with Gasteiger partial charge in [0.25, 0.3) is 5.91 Å². The molecule has 1 saturated heterocycles. The average Bonchev–Trinajstić information content (AvgIpc) is 2.84. The van der Waals surface area contributed by atoms with Crippen molar-refractivity contribution >= 4 is 28.2 Å². The summed E-state index contributed by atoms with van der Waals surface area (Å²) in [5.74, 6) is 1.81. The van der Waals surface area contributed by atoms with Gasteiger partial charge in [-0.1, -0.05) is 43.5 Å². The lowest BCUT2D eigenvalue weighted by atomic mass is 9.75. The Hall–Kier alpha value is -2.92. The maximum absolute atomic E-state index is 12.8. The van der Waals surface area contributed by atoms with Crippen LogP contribution in [0, 0.1) is 18.8 Å². The monoisotopic (exact) mass is 442 g/mol. The Labute approximate surface area is 196 Å². The molecule has 2 fully saturated rings. The number of nitrogens with one attached hydrogen (secondary N) is 2.